The number of unbranched alkanes of at least 4 members (excludes halogenated alkanes) is 1. The Kier molecular flexibility index (Phi) is 14.7. The van der Waals surface area contributed by atoms with Crippen molar-refractivity contribution in [2.75, 3.05) is 41.2 Å². The van der Waals surface area contributed by atoms with Gasteiger partial charge in [0.1, 0.15) is 0 Å². The topological polar surface area (TPSA) is 27.7 Å². The van der Waals surface area contributed by atoms with Crippen molar-refractivity contribution < 1.29 is 14.2 Å². The molecule has 0 rings (SSSR count). The normalized spacial score (nSPS) is 12.0. The van der Waals surface area contributed by atoms with Crippen LogP contribution < -0.4 is 0 Å². The van der Waals surface area contributed by atoms with Crippen molar-refractivity contribution in [2.24, 2.45) is 0 Å². The molecule has 0 aromatic carbocycles. The minimum absolute atomic E-state index is 0.924. The first-order valence-electron chi connectivity index (χ1n) is 8.21. The van der Waals surface area contributed by atoms with E-state index in [0.29, 0.717) is 0 Å². The van der Waals surface area contributed by atoms with Crippen molar-refractivity contribution in [3.05, 3.63) is 0 Å². The van der Waals surface area contributed by atoms with Gasteiger partial charge < -0.3 is 0 Å². The Morgan fingerprint density at radius 3 is 1.25 bits per heavy atom. The van der Waals surface area contributed by atoms with Gasteiger partial charge in [-0.3, -0.25) is 0 Å². The Morgan fingerprint density at radius 1 is 0.600 bits per heavy atom. The first-order chi connectivity index (χ1) is 9.74. The molecule has 20 heavy (non-hydrogen) atoms. The summed E-state index contributed by atoms with van der Waals surface area (Å²) in [4.78, 5) is 0. The molecule has 0 unspecified atom stereocenters. The minimum atomic E-state index is -1.74. The third-order valence-electron chi connectivity index (χ3n) is 4.23. The van der Waals surface area contributed by atoms with Crippen LogP contribution in [0, 0.1) is 0 Å². The van der Waals surface area contributed by atoms with E-state index in [4.69, 9.17) is 14.2 Å². The van der Waals surface area contributed by atoms with Crippen LogP contribution in [-0.2, 0) is 14.2 Å². The van der Waals surface area contributed by atoms with E-state index in [1.54, 1.807) is 0 Å². The van der Waals surface area contributed by atoms with Gasteiger partial charge in [-0.05, 0) is 0 Å². The van der Waals surface area contributed by atoms with Crippen LogP contribution >= 0.6 is 0 Å². The van der Waals surface area contributed by atoms with Gasteiger partial charge in [0.15, 0.2) is 0 Å². The number of hydrogen-bond acceptors (Lipinski definition) is 3. The third kappa shape index (κ3) is 10.2. The van der Waals surface area contributed by atoms with E-state index in [-0.39, 0.29) is 0 Å². The summed E-state index contributed by atoms with van der Waals surface area (Å²) in [6.07, 6.45) is 6.49. The van der Waals surface area contributed by atoms with E-state index in [2.05, 4.69) is 6.92 Å². The molecule has 0 fully saturated rings. The van der Waals surface area contributed by atoms with Gasteiger partial charge >= 0.3 is 129 Å². The second-order valence-electron chi connectivity index (χ2n) is 5.89. The van der Waals surface area contributed by atoms with Crippen LogP contribution in [-0.4, -0.2) is 54.4 Å². The van der Waals surface area contributed by atoms with Gasteiger partial charge in [-0.1, -0.05) is 0 Å². The summed E-state index contributed by atoms with van der Waals surface area (Å²) in [7, 11) is 5.45. The fraction of sp³-hybridized carbons (Fsp3) is 1.00. The Morgan fingerprint density at radius 2 is 0.950 bits per heavy atom. The van der Waals surface area contributed by atoms with Crippen molar-refractivity contribution in [1.29, 1.82) is 0 Å². The molecule has 0 spiro atoms. The molecule has 0 aliphatic carbocycles. The molecular formula is C16H36GeO3. The van der Waals surface area contributed by atoms with Gasteiger partial charge in [0.25, 0.3) is 0 Å². The Hall–Kier alpha value is 0.423. The van der Waals surface area contributed by atoms with E-state index in [1.807, 2.05) is 21.3 Å². The monoisotopic (exact) mass is 350 g/mol. The number of methoxy groups -OCH3 is 3. The van der Waals surface area contributed by atoms with E-state index >= 15 is 0 Å². The molecule has 0 saturated carbocycles. The van der Waals surface area contributed by atoms with Crippen molar-refractivity contribution >= 4 is 13.3 Å². The van der Waals surface area contributed by atoms with Crippen molar-refractivity contribution in [3.8, 4) is 0 Å². The van der Waals surface area contributed by atoms with Crippen LogP contribution in [0.15, 0.2) is 0 Å². The maximum atomic E-state index is 5.27. The van der Waals surface area contributed by atoms with Crippen LogP contribution in [0.3, 0.4) is 0 Å². The fourth-order valence-electron chi connectivity index (χ4n) is 3.08. The van der Waals surface area contributed by atoms with E-state index in [9.17, 15) is 0 Å². The van der Waals surface area contributed by atoms with Gasteiger partial charge in [-0.2, -0.15) is 0 Å². The molecule has 0 aromatic heterocycles. The molecular weight excluding hydrogens is 313 g/mol. The van der Waals surface area contributed by atoms with Crippen LogP contribution in [0.2, 0.25) is 21.0 Å². The summed E-state index contributed by atoms with van der Waals surface area (Å²) in [5.41, 5.74) is 0. The van der Waals surface area contributed by atoms with Gasteiger partial charge in [-0.15, -0.1) is 0 Å². The summed E-state index contributed by atoms with van der Waals surface area (Å²) in [6, 6.07) is 0. The molecule has 0 saturated heterocycles. The van der Waals surface area contributed by atoms with Gasteiger partial charge in [0.2, 0.25) is 0 Å². The van der Waals surface area contributed by atoms with Crippen molar-refractivity contribution in [3.63, 3.8) is 0 Å². The van der Waals surface area contributed by atoms with Crippen LogP contribution in [0.4, 0.5) is 0 Å². The fourth-order valence-corrected chi connectivity index (χ4v) is 14.2. The molecule has 0 heterocycles. The quantitative estimate of drug-likeness (QED) is 0.325. The summed E-state index contributed by atoms with van der Waals surface area (Å²) < 4.78 is 15.8. The molecule has 0 radical (unpaired) electrons. The number of hydrogen-bond donors (Lipinski definition) is 0. The summed E-state index contributed by atoms with van der Waals surface area (Å²) in [5.74, 6) is 0. The molecule has 0 amide bonds. The van der Waals surface area contributed by atoms with Gasteiger partial charge in [0, 0.05) is 0 Å². The zero-order valence-corrected chi connectivity index (χ0v) is 16.3. The second-order valence-corrected chi connectivity index (χ2v) is 16.4. The molecule has 0 N–H and O–H groups in total. The predicted molar refractivity (Wildman–Crippen MR) is 89.4 cm³/mol. The first kappa shape index (κ1) is 20.4. The van der Waals surface area contributed by atoms with Crippen molar-refractivity contribution in [2.45, 2.75) is 60.0 Å². The van der Waals surface area contributed by atoms with Gasteiger partial charge in [0.05, 0.1) is 0 Å². The molecule has 0 atom stereocenters. The molecule has 0 aliphatic rings. The molecule has 4 heteroatoms. The standard InChI is InChI=1S/C16H36GeO3/c1-5-6-10-17(11-7-14-18-2,12-8-15-19-3)13-9-16-20-4/h5-16H2,1-4H3. The molecule has 0 aromatic rings. The maximum absolute atomic E-state index is 5.27. The zero-order chi connectivity index (χ0) is 15.1. The summed E-state index contributed by atoms with van der Waals surface area (Å²) >= 11 is -1.74. The van der Waals surface area contributed by atoms with Crippen LogP contribution in [0.25, 0.3) is 0 Å². The Balaban J connectivity index is 4.48. The summed E-state index contributed by atoms with van der Waals surface area (Å²) in [5, 5.41) is 5.90. The predicted octanol–water partition coefficient (Wildman–Crippen LogP) is 4.34. The van der Waals surface area contributed by atoms with E-state index in [0.717, 1.165) is 19.8 Å². The summed E-state index contributed by atoms with van der Waals surface area (Å²) in [6.45, 7) is 5.08. The van der Waals surface area contributed by atoms with Crippen molar-refractivity contribution in [1.82, 2.24) is 0 Å². The Labute approximate surface area is 129 Å². The van der Waals surface area contributed by atoms with Gasteiger partial charge in [-0.25, -0.2) is 0 Å². The SMILES string of the molecule is CCC[CH2][Ge]([CH2]CCOC)([CH2]CCOC)[CH2]CCOC. The molecule has 0 bridgehead atoms. The number of ether oxygens (including phenoxy) is 3. The second kappa shape index (κ2) is 14.4. The molecule has 122 valence electrons. The first-order valence-corrected chi connectivity index (χ1v) is 14.1. The Bertz CT molecular complexity index is 174. The third-order valence-corrected chi connectivity index (χ3v) is 16.1. The van der Waals surface area contributed by atoms with E-state index < -0.39 is 13.3 Å². The average Bonchev–Trinajstić information content (AvgIpc) is 2.46. The molecule has 3 nitrogen and oxygen atoms in total. The number of rotatable bonds is 15. The van der Waals surface area contributed by atoms with Crippen LogP contribution in [0.1, 0.15) is 39.0 Å². The zero-order valence-electron chi connectivity index (χ0n) is 14.2. The molecule has 0 aliphatic heterocycles. The average molecular weight is 349 g/mol. The van der Waals surface area contributed by atoms with E-state index in [1.165, 1.54) is 53.1 Å². The van der Waals surface area contributed by atoms with Crippen LogP contribution in [0.5, 0.6) is 0 Å².